The summed E-state index contributed by atoms with van der Waals surface area (Å²) in [6.45, 7) is 2.78. The Morgan fingerprint density at radius 2 is 1.10 bits per heavy atom. The molecule has 0 atom stereocenters. The van der Waals surface area contributed by atoms with Gasteiger partial charge >= 0.3 is 17.9 Å². The first kappa shape index (κ1) is 25.3. The van der Waals surface area contributed by atoms with Gasteiger partial charge < -0.3 is 18.9 Å². The van der Waals surface area contributed by atoms with Gasteiger partial charge in [-0.3, -0.25) is 14.4 Å². The fourth-order valence-electron chi connectivity index (χ4n) is 2.36. The summed E-state index contributed by atoms with van der Waals surface area (Å²) in [5.41, 5.74) is 0.903. The molecule has 0 aliphatic heterocycles. The van der Waals surface area contributed by atoms with Crippen LogP contribution in [-0.2, 0) is 28.5 Å². The first-order valence-corrected chi connectivity index (χ1v) is 10.0. The maximum absolute atomic E-state index is 11.9. The summed E-state index contributed by atoms with van der Waals surface area (Å²) >= 11 is 0. The molecule has 0 spiro atoms. The summed E-state index contributed by atoms with van der Waals surface area (Å²) in [5.74, 6) is -1.43. The van der Waals surface area contributed by atoms with Crippen LogP contribution in [0.25, 0.3) is 0 Å². The molecule has 0 amide bonds. The highest BCUT2D eigenvalue weighted by molar-refractivity contribution is 5.96. The molecule has 0 radical (unpaired) electrons. The van der Waals surface area contributed by atoms with Crippen LogP contribution in [-0.4, -0.2) is 57.2 Å². The average molecular weight is 422 g/mol. The van der Waals surface area contributed by atoms with Crippen molar-refractivity contribution in [2.75, 3.05) is 33.5 Å². The summed E-state index contributed by atoms with van der Waals surface area (Å²) < 4.78 is 20.1. The Morgan fingerprint density at radius 3 is 1.57 bits per heavy atom. The number of ketones is 1. The summed E-state index contributed by atoms with van der Waals surface area (Å²) in [6.07, 6.45) is 2.57. The van der Waals surface area contributed by atoms with Gasteiger partial charge in [0.25, 0.3) is 0 Å². The fraction of sp³-hybridized carbons (Fsp3) is 0.545. The van der Waals surface area contributed by atoms with E-state index in [1.807, 2.05) is 0 Å². The lowest BCUT2D eigenvalue weighted by atomic mass is 10.1. The van der Waals surface area contributed by atoms with Gasteiger partial charge in [-0.1, -0.05) is 12.1 Å². The number of carbonyl (C=O) groups is 4. The van der Waals surface area contributed by atoms with E-state index in [2.05, 4.69) is 0 Å². The first-order valence-electron chi connectivity index (χ1n) is 10.0. The molecule has 1 aromatic rings. The number of benzene rings is 1. The van der Waals surface area contributed by atoms with Crippen LogP contribution in [0.3, 0.4) is 0 Å². The Morgan fingerprint density at radius 1 is 0.667 bits per heavy atom. The van der Waals surface area contributed by atoms with Gasteiger partial charge in [-0.15, -0.1) is 0 Å². The van der Waals surface area contributed by atoms with Crippen molar-refractivity contribution in [3.05, 3.63) is 35.4 Å². The van der Waals surface area contributed by atoms with Crippen LogP contribution in [0.5, 0.6) is 0 Å². The molecular weight excluding hydrogens is 392 g/mol. The molecule has 0 aromatic heterocycles. The lowest BCUT2D eigenvalue weighted by Crippen LogP contribution is -2.12. The molecule has 166 valence electrons. The quantitative estimate of drug-likeness (QED) is 0.184. The van der Waals surface area contributed by atoms with Crippen LogP contribution in [0.4, 0.5) is 0 Å². The zero-order valence-electron chi connectivity index (χ0n) is 17.6. The third-order valence-electron chi connectivity index (χ3n) is 4.10. The third-order valence-corrected chi connectivity index (χ3v) is 4.10. The average Bonchev–Trinajstić information content (AvgIpc) is 2.74. The molecule has 0 saturated carbocycles. The predicted molar refractivity (Wildman–Crippen MR) is 108 cm³/mol. The van der Waals surface area contributed by atoms with Crippen molar-refractivity contribution in [1.82, 2.24) is 0 Å². The summed E-state index contributed by atoms with van der Waals surface area (Å²) in [4.78, 5) is 46.2. The third kappa shape index (κ3) is 11.3. The van der Waals surface area contributed by atoms with Crippen LogP contribution in [0, 0.1) is 0 Å². The minimum Gasteiger partial charge on any atom is -0.466 e. The monoisotopic (exact) mass is 422 g/mol. The van der Waals surface area contributed by atoms with Gasteiger partial charge in [0.15, 0.2) is 5.78 Å². The number of carbonyl (C=O) groups excluding carboxylic acids is 4. The highest BCUT2D eigenvalue weighted by Crippen LogP contribution is 2.07. The molecular formula is C22H30O8. The molecule has 0 saturated heterocycles. The van der Waals surface area contributed by atoms with Crippen molar-refractivity contribution in [3.8, 4) is 0 Å². The van der Waals surface area contributed by atoms with E-state index in [1.165, 1.54) is 6.92 Å². The van der Waals surface area contributed by atoms with Gasteiger partial charge in [0, 0.05) is 19.3 Å². The molecule has 0 fully saturated rings. The molecule has 8 heteroatoms. The number of hydrogen-bond donors (Lipinski definition) is 0. The van der Waals surface area contributed by atoms with Crippen LogP contribution >= 0.6 is 0 Å². The van der Waals surface area contributed by atoms with Crippen molar-refractivity contribution >= 4 is 23.7 Å². The van der Waals surface area contributed by atoms with E-state index in [1.54, 1.807) is 31.4 Å². The van der Waals surface area contributed by atoms with Crippen molar-refractivity contribution in [1.29, 1.82) is 0 Å². The zero-order chi connectivity index (χ0) is 22.2. The molecule has 0 bridgehead atoms. The number of hydrogen-bond acceptors (Lipinski definition) is 8. The number of rotatable bonds is 15. The lowest BCUT2D eigenvalue weighted by Gasteiger charge is -2.07. The van der Waals surface area contributed by atoms with Gasteiger partial charge in [-0.2, -0.15) is 0 Å². The van der Waals surface area contributed by atoms with E-state index in [9.17, 15) is 19.2 Å². The summed E-state index contributed by atoms with van der Waals surface area (Å²) in [7, 11) is 1.61. The van der Waals surface area contributed by atoms with Crippen LogP contribution in [0.1, 0.15) is 66.2 Å². The van der Waals surface area contributed by atoms with Crippen molar-refractivity contribution < 1.29 is 38.1 Å². The summed E-state index contributed by atoms with van der Waals surface area (Å²) in [5, 5.41) is 0. The molecule has 0 heterocycles. The number of unbranched alkanes of at least 4 members (excludes halogenated alkanes) is 2. The molecule has 0 aliphatic rings. The maximum atomic E-state index is 11.9. The smallest absolute Gasteiger partial charge is 0.338 e. The van der Waals surface area contributed by atoms with Crippen molar-refractivity contribution in [2.45, 2.75) is 45.4 Å². The second-order valence-electron chi connectivity index (χ2n) is 6.62. The molecule has 1 aromatic carbocycles. The SMILES string of the molecule is COCCCCOC(=O)CCC(=O)OCCCCOC(=O)c1ccc(C(C)=O)cc1. The van der Waals surface area contributed by atoms with Gasteiger partial charge in [-0.25, -0.2) is 4.79 Å². The van der Waals surface area contributed by atoms with E-state index < -0.39 is 17.9 Å². The van der Waals surface area contributed by atoms with E-state index >= 15 is 0 Å². The predicted octanol–water partition coefficient (Wildman–Crippen LogP) is 3.12. The minimum absolute atomic E-state index is 0.0108. The standard InChI is InChI=1S/C22H30O8/c1-17(23)18-7-9-19(10-8-18)22(26)30-16-6-5-15-29-21(25)12-11-20(24)28-14-4-3-13-27-2/h7-10H,3-6,11-16H2,1-2H3. The van der Waals surface area contributed by atoms with Crippen molar-refractivity contribution in [3.63, 3.8) is 0 Å². The largest absolute Gasteiger partial charge is 0.466 e. The maximum Gasteiger partial charge on any atom is 0.338 e. The Hall–Kier alpha value is -2.74. The Kier molecular flexibility index (Phi) is 12.8. The lowest BCUT2D eigenvalue weighted by molar-refractivity contribution is -0.150. The molecule has 0 aliphatic carbocycles. The molecule has 8 nitrogen and oxygen atoms in total. The van der Waals surface area contributed by atoms with Gasteiger partial charge in [0.2, 0.25) is 0 Å². The Labute approximate surface area is 176 Å². The summed E-state index contributed by atoms with van der Waals surface area (Å²) in [6, 6.07) is 6.25. The van der Waals surface area contributed by atoms with Gasteiger partial charge in [0.1, 0.15) is 0 Å². The fourth-order valence-corrected chi connectivity index (χ4v) is 2.36. The molecule has 1 rings (SSSR count). The molecule has 0 unspecified atom stereocenters. The number of Topliss-reactive ketones (excluding diaryl/α,β-unsaturated/α-hetero) is 1. The Bertz CT molecular complexity index is 681. The highest BCUT2D eigenvalue weighted by Gasteiger charge is 2.10. The second-order valence-corrected chi connectivity index (χ2v) is 6.62. The normalized spacial score (nSPS) is 10.3. The van der Waals surface area contributed by atoms with Crippen molar-refractivity contribution in [2.24, 2.45) is 0 Å². The second kappa shape index (κ2) is 15.1. The van der Waals surface area contributed by atoms with E-state index in [-0.39, 0.29) is 31.8 Å². The van der Waals surface area contributed by atoms with E-state index in [4.69, 9.17) is 18.9 Å². The van der Waals surface area contributed by atoms with Crippen LogP contribution in [0.2, 0.25) is 0 Å². The van der Waals surface area contributed by atoms with Crippen LogP contribution < -0.4 is 0 Å². The highest BCUT2D eigenvalue weighted by atomic mass is 16.5. The first-order chi connectivity index (χ1) is 14.4. The van der Waals surface area contributed by atoms with E-state index in [0.717, 1.165) is 12.8 Å². The topological polar surface area (TPSA) is 105 Å². The number of methoxy groups -OCH3 is 1. The Balaban J connectivity index is 2.05. The number of ether oxygens (including phenoxy) is 4. The minimum atomic E-state index is -0.470. The van der Waals surface area contributed by atoms with Gasteiger partial charge in [0.05, 0.1) is 38.2 Å². The van der Waals surface area contributed by atoms with Gasteiger partial charge in [-0.05, 0) is 44.7 Å². The number of esters is 3. The van der Waals surface area contributed by atoms with E-state index in [0.29, 0.717) is 37.2 Å². The molecule has 30 heavy (non-hydrogen) atoms. The molecule has 0 N–H and O–H groups in total. The van der Waals surface area contributed by atoms with Crippen LogP contribution in [0.15, 0.2) is 24.3 Å². The zero-order valence-corrected chi connectivity index (χ0v) is 17.6.